The van der Waals surface area contributed by atoms with Crippen LogP contribution in [-0.4, -0.2) is 21.0 Å². The van der Waals surface area contributed by atoms with Crippen LogP contribution in [0.2, 0.25) is 0 Å². The average molecular weight is 227 g/mol. The second kappa shape index (κ2) is 3.41. The Morgan fingerprint density at radius 2 is 1.90 bits per heavy atom. The molecule has 0 radical (unpaired) electrons. The monoisotopic (exact) mass is 226 g/mol. The van der Waals surface area contributed by atoms with Crippen LogP contribution < -0.4 is 0 Å². The Morgan fingerprint density at radius 1 is 1.50 bits per heavy atom. The summed E-state index contributed by atoms with van der Waals surface area (Å²) in [5.74, 6) is -3.42. The molecule has 0 atom stereocenters. The van der Waals surface area contributed by atoms with Gasteiger partial charge in [0.05, 0.1) is 6.26 Å². The lowest BCUT2D eigenvalue weighted by atomic mass is 11.7. The highest BCUT2D eigenvalue weighted by Crippen LogP contribution is 2.56. The third-order valence-corrected chi connectivity index (χ3v) is 2.15. The van der Waals surface area contributed by atoms with E-state index in [-0.39, 0.29) is 0 Å². The molecule has 4 nitrogen and oxygen atoms in total. The summed E-state index contributed by atoms with van der Waals surface area (Å²) in [6, 6.07) is 0. The fraction of sp³-hybridized carbons (Fsp3) is 1.00. The molecule has 0 aromatic rings. The molecule has 0 aliphatic rings. The SMILES string of the molecule is CS(=O)(=O)OCP(=O)(Cl)Cl. The third kappa shape index (κ3) is 8.72. The Hall–Kier alpha value is 0.720. The van der Waals surface area contributed by atoms with Crippen molar-refractivity contribution in [3.63, 3.8) is 0 Å². The van der Waals surface area contributed by atoms with Crippen LogP contribution in [0.3, 0.4) is 0 Å². The first-order chi connectivity index (χ1) is 4.21. The molecule has 0 spiro atoms. The smallest absolute Gasteiger partial charge is 0.279 e. The van der Waals surface area contributed by atoms with Gasteiger partial charge in [0.15, 0.2) is 0 Å². The number of halogens is 2. The Kier molecular flexibility index (Phi) is 3.66. The molecule has 0 aliphatic heterocycles. The number of hydrogen-bond acceptors (Lipinski definition) is 4. The van der Waals surface area contributed by atoms with Crippen LogP contribution in [0, 0.1) is 0 Å². The van der Waals surface area contributed by atoms with Gasteiger partial charge >= 0.3 is 0 Å². The van der Waals surface area contributed by atoms with Gasteiger partial charge in [0.25, 0.3) is 16.0 Å². The fourth-order valence-corrected chi connectivity index (χ4v) is 2.13. The van der Waals surface area contributed by atoms with Crippen molar-refractivity contribution < 1.29 is 17.2 Å². The summed E-state index contributed by atoms with van der Waals surface area (Å²) in [5, 5.41) is 0. The van der Waals surface area contributed by atoms with Crippen LogP contribution in [0.1, 0.15) is 0 Å². The molecule has 62 valence electrons. The molecule has 10 heavy (non-hydrogen) atoms. The molecule has 8 heteroatoms. The van der Waals surface area contributed by atoms with Gasteiger partial charge in [-0.2, -0.15) is 8.42 Å². The van der Waals surface area contributed by atoms with Crippen molar-refractivity contribution in [2.45, 2.75) is 0 Å². The lowest BCUT2D eigenvalue weighted by Crippen LogP contribution is -2.01. The molecule has 0 rings (SSSR count). The van der Waals surface area contributed by atoms with Crippen LogP contribution in [0.5, 0.6) is 0 Å². The summed E-state index contributed by atoms with van der Waals surface area (Å²) in [6.45, 7) is 0. The maximum atomic E-state index is 10.4. The summed E-state index contributed by atoms with van der Waals surface area (Å²) in [5.41, 5.74) is 0. The predicted octanol–water partition coefficient (Wildman–Crippen LogP) is 1.59. The molecular formula is C2H5Cl2O4PS. The first-order valence-electron chi connectivity index (χ1n) is 2.03. The molecule has 0 aliphatic carbocycles. The van der Waals surface area contributed by atoms with E-state index in [1.807, 2.05) is 0 Å². The largest absolute Gasteiger partial charge is 0.287 e. The topological polar surface area (TPSA) is 60.4 Å². The van der Waals surface area contributed by atoms with Crippen LogP contribution >= 0.6 is 28.3 Å². The quantitative estimate of drug-likeness (QED) is 0.542. The van der Waals surface area contributed by atoms with E-state index in [2.05, 4.69) is 4.18 Å². The van der Waals surface area contributed by atoms with Gasteiger partial charge in [0, 0.05) is 0 Å². The lowest BCUT2D eigenvalue weighted by Gasteiger charge is -1.99. The van der Waals surface area contributed by atoms with E-state index in [0.29, 0.717) is 0 Å². The summed E-state index contributed by atoms with van der Waals surface area (Å²) >= 11 is 9.94. The fourth-order valence-electron chi connectivity index (χ4n) is 0.157. The number of hydrogen-bond donors (Lipinski definition) is 0. The van der Waals surface area contributed by atoms with Gasteiger partial charge in [-0.25, -0.2) is 0 Å². The standard InChI is InChI=1S/C2H5Cl2O4PS/c1-10(6,7)8-2-9(3,4)5/h2H2,1H3. The van der Waals surface area contributed by atoms with Gasteiger partial charge < -0.3 is 0 Å². The van der Waals surface area contributed by atoms with E-state index >= 15 is 0 Å². The first-order valence-corrected chi connectivity index (χ1v) is 7.55. The minimum atomic E-state index is -3.60. The summed E-state index contributed by atoms with van der Waals surface area (Å²) in [6.07, 6.45) is 0.144. The van der Waals surface area contributed by atoms with E-state index in [9.17, 15) is 13.0 Å². The van der Waals surface area contributed by atoms with Crippen LogP contribution in [0.25, 0.3) is 0 Å². The van der Waals surface area contributed by atoms with Crippen molar-refractivity contribution in [2.24, 2.45) is 0 Å². The van der Waals surface area contributed by atoms with Crippen molar-refractivity contribution in [2.75, 3.05) is 12.6 Å². The lowest BCUT2D eigenvalue weighted by molar-refractivity contribution is 0.377. The maximum Gasteiger partial charge on any atom is 0.279 e. The van der Waals surface area contributed by atoms with Crippen molar-refractivity contribution in [3.05, 3.63) is 0 Å². The van der Waals surface area contributed by atoms with E-state index in [1.165, 1.54) is 0 Å². The second-order valence-corrected chi connectivity index (χ2v) is 8.36. The highest BCUT2D eigenvalue weighted by Gasteiger charge is 2.16. The molecule has 0 bridgehead atoms. The van der Waals surface area contributed by atoms with Crippen molar-refractivity contribution in [1.82, 2.24) is 0 Å². The normalized spacial score (nSPS) is 13.5. The van der Waals surface area contributed by atoms with E-state index in [1.54, 1.807) is 0 Å². The molecule has 0 amide bonds. The summed E-state index contributed by atoms with van der Waals surface area (Å²) in [7, 11) is -3.60. The Labute approximate surface area is 68.5 Å². The van der Waals surface area contributed by atoms with Gasteiger partial charge in [-0.1, -0.05) is 0 Å². The minimum Gasteiger partial charge on any atom is -0.287 e. The molecule has 0 saturated heterocycles. The van der Waals surface area contributed by atoms with E-state index < -0.39 is 22.3 Å². The minimum absolute atomic E-state index is 0.672. The average Bonchev–Trinajstić information content (AvgIpc) is 1.57. The zero-order valence-electron chi connectivity index (χ0n) is 4.95. The zero-order chi connectivity index (χ0) is 8.41. The molecule has 0 fully saturated rings. The van der Waals surface area contributed by atoms with Crippen molar-refractivity contribution in [3.8, 4) is 0 Å². The molecule has 0 saturated carbocycles. The Balaban J connectivity index is 3.92. The zero-order valence-corrected chi connectivity index (χ0v) is 8.17. The van der Waals surface area contributed by atoms with Crippen LogP contribution in [0.4, 0.5) is 0 Å². The molecule has 0 heterocycles. The molecule has 0 aromatic heterocycles. The van der Waals surface area contributed by atoms with Gasteiger partial charge in [0.1, 0.15) is 6.35 Å². The van der Waals surface area contributed by atoms with Crippen LogP contribution in [-0.2, 0) is 18.9 Å². The molecule has 0 N–H and O–H groups in total. The highest BCUT2D eigenvalue weighted by molar-refractivity contribution is 8.08. The van der Waals surface area contributed by atoms with Crippen LogP contribution in [0.15, 0.2) is 0 Å². The van der Waals surface area contributed by atoms with Crippen molar-refractivity contribution in [1.29, 1.82) is 0 Å². The number of rotatable bonds is 3. The summed E-state index contributed by atoms with van der Waals surface area (Å²) < 4.78 is 34.9. The van der Waals surface area contributed by atoms with Crippen molar-refractivity contribution >= 4 is 38.4 Å². The van der Waals surface area contributed by atoms with E-state index in [0.717, 1.165) is 6.26 Å². The van der Waals surface area contributed by atoms with Gasteiger partial charge in [0.2, 0.25) is 0 Å². The molecule has 0 unspecified atom stereocenters. The molecular weight excluding hydrogens is 222 g/mol. The van der Waals surface area contributed by atoms with E-state index in [4.69, 9.17) is 22.5 Å². The second-order valence-electron chi connectivity index (χ2n) is 1.52. The molecule has 0 aromatic carbocycles. The summed E-state index contributed by atoms with van der Waals surface area (Å²) in [4.78, 5) is 0. The Bertz CT molecular complexity index is 240. The Morgan fingerprint density at radius 3 is 2.00 bits per heavy atom. The maximum absolute atomic E-state index is 10.4. The van der Waals surface area contributed by atoms with Gasteiger partial charge in [-0.15, -0.1) is 0 Å². The van der Waals surface area contributed by atoms with Gasteiger partial charge in [-0.05, 0) is 22.5 Å². The highest BCUT2D eigenvalue weighted by atomic mass is 35.9. The predicted molar refractivity (Wildman–Crippen MR) is 40.1 cm³/mol. The first kappa shape index (κ1) is 10.7. The van der Waals surface area contributed by atoms with Gasteiger partial charge in [-0.3, -0.25) is 8.75 Å². The third-order valence-electron chi connectivity index (χ3n) is 0.417.